The first-order valence-corrected chi connectivity index (χ1v) is 22.7. The number of rotatable bonds is 8. The molecule has 0 bridgehead atoms. The molecule has 300 valence electrons. The van der Waals surface area contributed by atoms with Gasteiger partial charge in [0, 0.05) is 37.1 Å². The fourth-order valence-corrected chi connectivity index (χ4v) is 10.7. The van der Waals surface area contributed by atoms with Gasteiger partial charge in [0.25, 0.3) is 0 Å². The van der Waals surface area contributed by atoms with E-state index in [4.69, 9.17) is 0 Å². The predicted octanol–water partition coefficient (Wildman–Crippen LogP) is 18.2. The second-order valence-electron chi connectivity index (χ2n) is 16.4. The molecule has 0 unspecified atom stereocenters. The number of hydrogen-bond donors (Lipinski definition) is 0. The number of thiophene rings is 1. The van der Waals surface area contributed by atoms with Gasteiger partial charge in [-0.1, -0.05) is 200 Å². The van der Waals surface area contributed by atoms with Crippen LogP contribution in [-0.2, 0) is 0 Å². The normalized spacial score (nSPS) is 11.4. The minimum Gasteiger partial charge on any atom is -0.310 e. The molecular weight excluding hydrogens is 791 g/mol. The molecular formula is C62H41NS. The largest absolute Gasteiger partial charge is 0.310 e. The number of hydrogen-bond acceptors (Lipinski definition) is 2. The summed E-state index contributed by atoms with van der Waals surface area (Å²) in [5, 5.41) is 7.70. The summed E-state index contributed by atoms with van der Waals surface area (Å²) in [7, 11) is 0. The topological polar surface area (TPSA) is 3.24 Å². The van der Waals surface area contributed by atoms with Gasteiger partial charge < -0.3 is 4.90 Å². The highest BCUT2D eigenvalue weighted by atomic mass is 32.1. The molecule has 0 aliphatic heterocycles. The van der Waals surface area contributed by atoms with Crippen LogP contribution in [0.4, 0.5) is 17.1 Å². The maximum absolute atomic E-state index is 2.44. The second kappa shape index (κ2) is 16.0. The molecule has 2 heteroatoms. The Morgan fingerprint density at radius 1 is 0.266 bits per heavy atom. The van der Waals surface area contributed by atoms with Crippen molar-refractivity contribution < 1.29 is 0 Å². The maximum Gasteiger partial charge on any atom is 0.0546 e. The van der Waals surface area contributed by atoms with Gasteiger partial charge in [0.05, 0.1) is 5.69 Å². The van der Waals surface area contributed by atoms with Crippen molar-refractivity contribution in [1.29, 1.82) is 0 Å². The van der Waals surface area contributed by atoms with Crippen LogP contribution in [0, 0.1) is 0 Å². The third kappa shape index (κ3) is 6.73. The summed E-state index contributed by atoms with van der Waals surface area (Å²) < 4.78 is 2.63. The van der Waals surface area contributed by atoms with E-state index in [0.717, 1.165) is 17.1 Å². The van der Waals surface area contributed by atoms with Crippen LogP contribution in [0.2, 0.25) is 0 Å². The Labute approximate surface area is 377 Å². The van der Waals surface area contributed by atoms with Gasteiger partial charge in [-0.05, 0) is 120 Å². The van der Waals surface area contributed by atoms with Gasteiger partial charge in [0.2, 0.25) is 0 Å². The summed E-state index contributed by atoms with van der Waals surface area (Å²) in [6, 6.07) is 91.0. The van der Waals surface area contributed by atoms with Crippen molar-refractivity contribution in [1.82, 2.24) is 0 Å². The standard InChI is InChI=1S/C62H41NS/c1-3-14-44(15-4-1)53-20-9-10-22-58(53)62-55(45-16-5-2-6-17-45)23-13-24-59(62)63(51-36-30-43(31-37-51)48-33-39-57-56-21-11-12-25-60(56)64-61(57)41-48)50-34-28-42(29-35-50)47-32-38-54-49(40-47)27-26-46-18-7-8-19-52(46)54/h1-41H. The number of benzene rings is 11. The number of fused-ring (bicyclic) bond motifs is 6. The van der Waals surface area contributed by atoms with Gasteiger partial charge in [-0.25, -0.2) is 0 Å². The molecule has 0 amide bonds. The highest BCUT2D eigenvalue weighted by Crippen LogP contribution is 2.48. The lowest BCUT2D eigenvalue weighted by Gasteiger charge is -2.30. The fourth-order valence-electron chi connectivity index (χ4n) is 9.57. The lowest BCUT2D eigenvalue weighted by Crippen LogP contribution is -2.12. The first-order chi connectivity index (χ1) is 31.7. The van der Waals surface area contributed by atoms with E-state index < -0.39 is 0 Å². The summed E-state index contributed by atoms with van der Waals surface area (Å²) in [6.07, 6.45) is 0. The summed E-state index contributed by atoms with van der Waals surface area (Å²) in [5.74, 6) is 0. The van der Waals surface area contributed by atoms with Crippen LogP contribution in [0.1, 0.15) is 0 Å². The molecule has 0 aliphatic rings. The van der Waals surface area contributed by atoms with Crippen LogP contribution in [0.5, 0.6) is 0 Å². The molecule has 12 aromatic rings. The number of anilines is 3. The van der Waals surface area contributed by atoms with E-state index in [9.17, 15) is 0 Å². The summed E-state index contributed by atoms with van der Waals surface area (Å²) >= 11 is 1.86. The zero-order valence-corrected chi connectivity index (χ0v) is 35.8. The Kier molecular flexibility index (Phi) is 9.43. The minimum atomic E-state index is 1.08. The SMILES string of the molecule is c1ccc(-c2ccccc2-c2c(-c3ccccc3)cccc2N(c2ccc(-c3ccc4c(ccc5ccccc54)c3)cc2)c2ccc(-c3ccc4c(c3)sc3ccccc34)cc2)cc1. The molecule has 12 rings (SSSR count). The molecule has 1 nitrogen and oxygen atoms in total. The lowest BCUT2D eigenvalue weighted by molar-refractivity contribution is 1.28. The van der Waals surface area contributed by atoms with Gasteiger partial charge in [-0.2, -0.15) is 0 Å². The van der Waals surface area contributed by atoms with Gasteiger partial charge in [0.15, 0.2) is 0 Å². The Morgan fingerprint density at radius 3 is 1.48 bits per heavy atom. The van der Waals surface area contributed by atoms with E-state index in [1.54, 1.807) is 0 Å². The summed E-state index contributed by atoms with van der Waals surface area (Å²) in [5.41, 5.74) is 15.2. The van der Waals surface area contributed by atoms with Crippen LogP contribution >= 0.6 is 11.3 Å². The Morgan fingerprint density at radius 2 is 0.766 bits per heavy atom. The molecule has 11 aromatic carbocycles. The first-order valence-electron chi connectivity index (χ1n) is 21.9. The maximum atomic E-state index is 2.44. The average Bonchev–Trinajstić information content (AvgIpc) is 3.75. The zero-order valence-electron chi connectivity index (χ0n) is 35.0. The molecule has 1 aromatic heterocycles. The van der Waals surface area contributed by atoms with E-state index in [1.807, 2.05) is 11.3 Å². The van der Waals surface area contributed by atoms with Gasteiger partial charge in [-0.15, -0.1) is 11.3 Å². The smallest absolute Gasteiger partial charge is 0.0546 e. The third-order valence-electron chi connectivity index (χ3n) is 12.7. The van der Waals surface area contributed by atoms with Crippen molar-refractivity contribution in [3.63, 3.8) is 0 Å². The molecule has 64 heavy (non-hydrogen) atoms. The van der Waals surface area contributed by atoms with E-state index in [1.165, 1.54) is 97.4 Å². The lowest BCUT2D eigenvalue weighted by atomic mass is 9.87. The van der Waals surface area contributed by atoms with Crippen molar-refractivity contribution in [2.75, 3.05) is 4.90 Å². The highest BCUT2D eigenvalue weighted by molar-refractivity contribution is 7.25. The van der Waals surface area contributed by atoms with Gasteiger partial charge in [0.1, 0.15) is 0 Å². The van der Waals surface area contributed by atoms with E-state index >= 15 is 0 Å². The van der Waals surface area contributed by atoms with Crippen LogP contribution < -0.4 is 4.90 Å². The zero-order chi connectivity index (χ0) is 42.4. The van der Waals surface area contributed by atoms with Crippen molar-refractivity contribution in [2.24, 2.45) is 0 Å². The van der Waals surface area contributed by atoms with Gasteiger partial charge in [-0.3, -0.25) is 0 Å². The molecule has 0 aliphatic carbocycles. The monoisotopic (exact) mass is 831 g/mol. The first kappa shape index (κ1) is 37.7. The Balaban J connectivity index is 1.02. The van der Waals surface area contributed by atoms with Gasteiger partial charge >= 0.3 is 0 Å². The van der Waals surface area contributed by atoms with E-state index in [-0.39, 0.29) is 0 Å². The summed E-state index contributed by atoms with van der Waals surface area (Å²) in [4.78, 5) is 2.44. The molecule has 1 heterocycles. The fraction of sp³-hybridized carbons (Fsp3) is 0. The van der Waals surface area contributed by atoms with Crippen molar-refractivity contribution in [3.8, 4) is 55.6 Å². The van der Waals surface area contributed by atoms with Crippen molar-refractivity contribution in [2.45, 2.75) is 0 Å². The molecule has 0 spiro atoms. The quantitative estimate of drug-likeness (QED) is 0.138. The Bertz CT molecular complexity index is 3640. The molecule has 0 saturated carbocycles. The average molecular weight is 832 g/mol. The Hall–Kier alpha value is -8.04. The van der Waals surface area contributed by atoms with Crippen LogP contribution in [0.25, 0.3) is 97.4 Å². The minimum absolute atomic E-state index is 1.08. The van der Waals surface area contributed by atoms with Crippen LogP contribution in [-0.4, -0.2) is 0 Å². The predicted molar refractivity (Wildman–Crippen MR) is 276 cm³/mol. The van der Waals surface area contributed by atoms with E-state index in [2.05, 4.69) is 254 Å². The highest BCUT2D eigenvalue weighted by Gasteiger charge is 2.23. The van der Waals surface area contributed by atoms with Crippen LogP contribution in [0.15, 0.2) is 249 Å². The number of nitrogens with zero attached hydrogens (tertiary/aromatic N) is 1. The molecule has 0 atom stereocenters. The van der Waals surface area contributed by atoms with Crippen molar-refractivity contribution in [3.05, 3.63) is 249 Å². The molecule has 0 saturated heterocycles. The summed E-state index contributed by atoms with van der Waals surface area (Å²) in [6.45, 7) is 0. The van der Waals surface area contributed by atoms with Crippen LogP contribution in [0.3, 0.4) is 0 Å². The second-order valence-corrected chi connectivity index (χ2v) is 17.5. The van der Waals surface area contributed by atoms with E-state index in [0.29, 0.717) is 0 Å². The third-order valence-corrected chi connectivity index (χ3v) is 13.8. The molecule has 0 N–H and O–H groups in total. The molecule has 0 radical (unpaired) electrons. The van der Waals surface area contributed by atoms with Crippen molar-refractivity contribution >= 4 is 70.1 Å². The molecule has 0 fully saturated rings.